The molecule has 0 saturated heterocycles. The van der Waals surface area contributed by atoms with Crippen LogP contribution in [0.1, 0.15) is 24.0 Å². The lowest BCUT2D eigenvalue weighted by Crippen LogP contribution is -1.95. The highest BCUT2D eigenvalue weighted by Crippen LogP contribution is 2.29. The summed E-state index contributed by atoms with van der Waals surface area (Å²) in [6.07, 6.45) is 3.54. The maximum Gasteiger partial charge on any atom is 0.303 e. The van der Waals surface area contributed by atoms with E-state index in [4.69, 9.17) is 5.11 Å². The van der Waals surface area contributed by atoms with Crippen LogP contribution in [0.15, 0.2) is 23.8 Å². The van der Waals surface area contributed by atoms with E-state index >= 15 is 0 Å². The number of carboxylic acids is 1. The van der Waals surface area contributed by atoms with Crippen LogP contribution in [-0.4, -0.2) is 16.2 Å². The van der Waals surface area contributed by atoms with Crippen LogP contribution in [0, 0.1) is 0 Å². The first kappa shape index (κ1) is 9.77. The average molecular weight is 204 g/mol. The maximum atomic E-state index is 10.4. The van der Waals surface area contributed by atoms with Crippen LogP contribution in [0.4, 0.5) is 0 Å². The molecule has 0 aromatic heterocycles. The average Bonchev–Trinajstić information content (AvgIpc) is 2.56. The standard InChI is InChI=1S/C12H12O3/c13-11-3-2-9-5-8(1-4-12(14)15)6-10(9)7-11/h2-3,6-7,13H,1,4-5H2,(H,14,15). The highest BCUT2D eigenvalue weighted by atomic mass is 16.4. The molecule has 0 unspecified atom stereocenters. The zero-order valence-corrected chi connectivity index (χ0v) is 8.23. The van der Waals surface area contributed by atoms with Gasteiger partial charge in [0.25, 0.3) is 0 Å². The second-order valence-electron chi connectivity index (χ2n) is 3.76. The molecule has 0 aliphatic heterocycles. The molecule has 1 aromatic carbocycles. The molecule has 2 rings (SSSR count). The molecule has 78 valence electrons. The number of hydrogen-bond donors (Lipinski definition) is 2. The Morgan fingerprint density at radius 2 is 2.20 bits per heavy atom. The summed E-state index contributed by atoms with van der Waals surface area (Å²) in [5, 5.41) is 17.8. The summed E-state index contributed by atoms with van der Waals surface area (Å²) in [6.45, 7) is 0. The van der Waals surface area contributed by atoms with Crippen molar-refractivity contribution in [3.8, 4) is 5.75 Å². The molecule has 2 N–H and O–H groups in total. The second-order valence-corrected chi connectivity index (χ2v) is 3.76. The largest absolute Gasteiger partial charge is 0.508 e. The van der Waals surface area contributed by atoms with E-state index in [9.17, 15) is 9.90 Å². The van der Waals surface area contributed by atoms with E-state index in [0.717, 1.165) is 23.1 Å². The Kier molecular flexibility index (Phi) is 2.46. The smallest absolute Gasteiger partial charge is 0.303 e. The number of carboxylic acid groups (broad SMARTS) is 1. The first-order chi connectivity index (χ1) is 7.15. The second kappa shape index (κ2) is 3.77. The van der Waals surface area contributed by atoms with Crippen molar-refractivity contribution in [3.63, 3.8) is 0 Å². The fourth-order valence-corrected chi connectivity index (χ4v) is 1.82. The van der Waals surface area contributed by atoms with E-state index in [1.807, 2.05) is 12.1 Å². The van der Waals surface area contributed by atoms with Crippen LogP contribution in [-0.2, 0) is 11.2 Å². The van der Waals surface area contributed by atoms with Crippen LogP contribution in [0.2, 0.25) is 0 Å². The number of aromatic hydroxyl groups is 1. The normalized spacial score (nSPS) is 13.5. The van der Waals surface area contributed by atoms with Crippen molar-refractivity contribution in [2.24, 2.45) is 0 Å². The number of benzene rings is 1. The lowest BCUT2D eigenvalue weighted by Gasteiger charge is -1.99. The van der Waals surface area contributed by atoms with Gasteiger partial charge in [-0.25, -0.2) is 0 Å². The van der Waals surface area contributed by atoms with Gasteiger partial charge in [0, 0.05) is 6.42 Å². The number of aliphatic carboxylic acids is 1. The summed E-state index contributed by atoms with van der Waals surface area (Å²) >= 11 is 0. The highest BCUT2D eigenvalue weighted by molar-refractivity contribution is 5.69. The Hall–Kier alpha value is -1.77. The number of fused-ring (bicyclic) bond motifs is 1. The molecule has 3 heteroatoms. The molecule has 1 aromatic rings. The fourth-order valence-electron chi connectivity index (χ4n) is 1.82. The van der Waals surface area contributed by atoms with Gasteiger partial charge in [-0.15, -0.1) is 0 Å². The van der Waals surface area contributed by atoms with Crippen molar-refractivity contribution in [2.75, 3.05) is 0 Å². The topological polar surface area (TPSA) is 57.5 Å². The fraction of sp³-hybridized carbons (Fsp3) is 0.250. The van der Waals surface area contributed by atoms with Gasteiger partial charge in [0.2, 0.25) is 0 Å². The van der Waals surface area contributed by atoms with Crippen LogP contribution in [0.25, 0.3) is 6.08 Å². The van der Waals surface area contributed by atoms with Gasteiger partial charge < -0.3 is 10.2 Å². The Morgan fingerprint density at radius 1 is 1.40 bits per heavy atom. The third kappa shape index (κ3) is 2.18. The van der Waals surface area contributed by atoms with Gasteiger partial charge in [-0.05, 0) is 36.1 Å². The predicted molar refractivity (Wildman–Crippen MR) is 56.7 cm³/mol. The van der Waals surface area contributed by atoms with E-state index in [1.165, 1.54) is 0 Å². The van der Waals surface area contributed by atoms with E-state index in [-0.39, 0.29) is 12.2 Å². The Labute approximate surface area is 87.7 Å². The van der Waals surface area contributed by atoms with Gasteiger partial charge in [-0.1, -0.05) is 17.7 Å². The summed E-state index contributed by atoms with van der Waals surface area (Å²) in [6, 6.07) is 5.25. The minimum atomic E-state index is -0.769. The highest BCUT2D eigenvalue weighted by Gasteiger charge is 2.13. The lowest BCUT2D eigenvalue weighted by molar-refractivity contribution is -0.136. The first-order valence-electron chi connectivity index (χ1n) is 4.88. The van der Waals surface area contributed by atoms with Crippen molar-refractivity contribution >= 4 is 12.0 Å². The maximum absolute atomic E-state index is 10.4. The molecule has 0 fully saturated rings. The quantitative estimate of drug-likeness (QED) is 0.793. The molecule has 0 saturated carbocycles. The first-order valence-corrected chi connectivity index (χ1v) is 4.88. The predicted octanol–water partition coefficient (Wildman–Crippen LogP) is 2.20. The van der Waals surface area contributed by atoms with E-state index in [2.05, 4.69) is 0 Å². The summed E-state index contributed by atoms with van der Waals surface area (Å²) in [5.41, 5.74) is 3.29. The van der Waals surface area contributed by atoms with Gasteiger partial charge in [0.1, 0.15) is 5.75 Å². The monoisotopic (exact) mass is 204 g/mol. The van der Waals surface area contributed by atoms with Crippen molar-refractivity contribution in [3.05, 3.63) is 34.9 Å². The number of allylic oxidation sites excluding steroid dienone is 1. The van der Waals surface area contributed by atoms with Crippen molar-refractivity contribution in [1.29, 1.82) is 0 Å². The number of phenolic OH excluding ortho intramolecular Hbond substituents is 1. The Bertz CT molecular complexity index is 432. The van der Waals surface area contributed by atoms with Gasteiger partial charge in [0.05, 0.1) is 0 Å². The molecule has 1 aliphatic carbocycles. The van der Waals surface area contributed by atoms with Crippen LogP contribution < -0.4 is 0 Å². The summed E-state index contributed by atoms with van der Waals surface area (Å²) < 4.78 is 0. The van der Waals surface area contributed by atoms with Crippen molar-refractivity contribution in [1.82, 2.24) is 0 Å². The third-order valence-corrected chi connectivity index (χ3v) is 2.57. The van der Waals surface area contributed by atoms with E-state index < -0.39 is 5.97 Å². The Balaban J connectivity index is 2.10. The lowest BCUT2D eigenvalue weighted by atomic mass is 10.1. The van der Waals surface area contributed by atoms with Crippen LogP contribution in [0.5, 0.6) is 5.75 Å². The van der Waals surface area contributed by atoms with Gasteiger partial charge >= 0.3 is 5.97 Å². The minimum Gasteiger partial charge on any atom is -0.508 e. The van der Waals surface area contributed by atoms with Crippen molar-refractivity contribution in [2.45, 2.75) is 19.3 Å². The van der Waals surface area contributed by atoms with E-state index in [0.29, 0.717) is 6.42 Å². The molecular formula is C12H12O3. The number of carbonyl (C=O) groups is 1. The zero-order chi connectivity index (χ0) is 10.8. The molecule has 1 aliphatic rings. The molecule has 15 heavy (non-hydrogen) atoms. The third-order valence-electron chi connectivity index (χ3n) is 2.57. The summed E-state index contributed by atoms with van der Waals surface area (Å²) in [7, 11) is 0. The van der Waals surface area contributed by atoms with Crippen LogP contribution in [0.3, 0.4) is 0 Å². The van der Waals surface area contributed by atoms with Gasteiger partial charge in [0.15, 0.2) is 0 Å². The number of phenols is 1. The summed E-state index contributed by atoms with van der Waals surface area (Å²) in [5.74, 6) is -0.515. The SMILES string of the molecule is O=C(O)CCC1=Cc2cc(O)ccc2C1. The van der Waals surface area contributed by atoms with E-state index in [1.54, 1.807) is 12.1 Å². The molecule has 3 nitrogen and oxygen atoms in total. The molecule has 0 spiro atoms. The molecule has 0 atom stereocenters. The molecule has 0 bridgehead atoms. The van der Waals surface area contributed by atoms with Crippen molar-refractivity contribution < 1.29 is 15.0 Å². The number of hydrogen-bond acceptors (Lipinski definition) is 2. The van der Waals surface area contributed by atoms with Crippen LogP contribution >= 0.6 is 0 Å². The molecule has 0 radical (unpaired) electrons. The Morgan fingerprint density at radius 3 is 2.93 bits per heavy atom. The summed E-state index contributed by atoms with van der Waals surface area (Å²) in [4.78, 5) is 10.4. The molecular weight excluding hydrogens is 192 g/mol. The number of rotatable bonds is 3. The van der Waals surface area contributed by atoms with Gasteiger partial charge in [-0.2, -0.15) is 0 Å². The molecule has 0 amide bonds. The minimum absolute atomic E-state index is 0.172. The van der Waals surface area contributed by atoms with Gasteiger partial charge in [-0.3, -0.25) is 4.79 Å². The zero-order valence-electron chi connectivity index (χ0n) is 8.23. The molecule has 0 heterocycles.